The first-order valence-corrected chi connectivity index (χ1v) is 8.34. The van der Waals surface area contributed by atoms with Crippen LogP contribution in [0.5, 0.6) is 0 Å². The van der Waals surface area contributed by atoms with E-state index in [1.165, 1.54) is 0 Å². The van der Waals surface area contributed by atoms with Gasteiger partial charge in [-0.3, -0.25) is 9.59 Å². The van der Waals surface area contributed by atoms with Crippen molar-refractivity contribution in [3.05, 3.63) is 58.1 Å². The standard InChI is InChI=1S/C18H18N6O2/c1-11-7-8-15(20-19-11)24-9-12(10-24)23(2)18(26)16-13-5-3-4-6-14(13)17(25)22-21-16/h3-8,12H,9-10H2,1-2H3,(H,22,25). The van der Waals surface area contributed by atoms with Crippen LogP contribution in [-0.2, 0) is 0 Å². The molecule has 1 saturated heterocycles. The topological polar surface area (TPSA) is 95.1 Å². The molecule has 132 valence electrons. The maximum absolute atomic E-state index is 12.9. The van der Waals surface area contributed by atoms with Crippen molar-refractivity contribution in [2.75, 3.05) is 25.0 Å². The zero-order valence-corrected chi connectivity index (χ0v) is 14.5. The Kier molecular flexibility index (Phi) is 3.87. The summed E-state index contributed by atoms with van der Waals surface area (Å²) in [5.74, 6) is 0.595. The second-order valence-corrected chi connectivity index (χ2v) is 6.45. The second-order valence-electron chi connectivity index (χ2n) is 6.45. The van der Waals surface area contributed by atoms with Crippen LogP contribution in [0.3, 0.4) is 0 Å². The Bertz CT molecular complexity index is 1020. The van der Waals surface area contributed by atoms with Gasteiger partial charge in [-0.25, -0.2) is 5.10 Å². The van der Waals surface area contributed by atoms with Crippen LogP contribution in [0.1, 0.15) is 16.2 Å². The van der Waals surface area contributed by atoms with Crippen molar-refractivity contribution in [2.24, 2.45) is 0 Å². The fourth-order valence-electron chi connectivity index (χ4n) is 3.06. The number of amides is 1. The van der Waals surface area contributed by atoms with Crippen molar-refractivity contribution >= 4 is 22.5 Å². The number of hydrogen-bond donors (Lipinski definition) is 1. The lowest BCUT2D eigenvalue weighted by atomic mass is 10.1. The molecule has 1 aromatic carbocycles. The molecule has 1 aliphatic rings. The number of H-pyrrole nitrogens is 1. The average Bonchev–Trinajstić information content (AvgIpc) is 2.62. The molecule has 0 unspecified atom stereocenters. The van der Waals surface area contributed by atoms with Gasteiger partial charge in [-0.2, -0.15) is 10.2 Å². The molecule has 0 spiro atoms. The van der Waals surface area contributed by atoms with Gasteiger partial charge in [-0.15, -0.1) is 5.10 Å². The summed E-state index contributed by atoms with van der Waals surface area (Å²) in [5, 5.41) is 15.7. The van der Waals surface area contributed by atoms with Crippen LogP contribution in [-0.4, -0.2) is 57.4 Å². The van der Waals surface area contributed by atoms with Crippen LogP contribution in [0.15, 0.2) is 41.2 Å². The zero-order valence-electron chi connectivity index (χ0n) is 14.5. The Labute approximate surface area is 149 Å². The number of nitrogens with one attached hydrogen (secondary N) is 1. The van der Waals surface area contributed by atoms with E-state index >= 15 is 0 Å². The summed E-state index contributed by atoms with van der Waals surface area (Å²) in [4.78, 5) is 28.5. The van der Waals surface area contributed by atoms with Gasteiger partial charge < -0.3 is 9.80 Å². The summed E-state index contributed by atoms with van der Waals surface area (Å²) in [6.07, 6.45) is 0. The predicted octanol–water partition coefficient (Wildman–Crippen LogP) is 0.982. The monoisotopic (exact) mass is 350 g/mol. The number of carbonyl (C=O) groups is 1. The zero-order chi connectivity index (χ0) is 18.3. The molecular formula is C18H18N6O2. The quantitative estimate of drug-likeness (QED) is 0.757. The first-order chi connectivity index (χ1) is 12.5. The number of carbonyl (C=O) groups excluding carboxylic acids is 1. The largest absolute Gasteiger partial charge is 0.351 e. The van der Waals surface area contributed by atoms with Crippen molar-refractivity contribution in [1.82, 2.24) is 25.3 Å². The van der Waals surface area contributed by atoms with Crippen LogP contribution in [0.4, 0.5) is 5.82 Å². The number of benzene rings is 1. The molecule has 0 atom stereocenters. The Morgan fingerprint density at radius 3 is 2.58 bits per heavy atom. The van der Waals surface area contributed by atoms with Gasteiger partial charge in [0.25, 0.3) is 11.5 Å². The van der Waals surface area contributed by atoms with Crippen LogP contribution in [0, 0.1) is 6.92 Å². The number of aromatic amines is 1. The summed E-state index contributed by atoms with van der Waals surface area (Å²) >= 11 is 0. The fourth-order valence-corrected chi connectivity index (χ4v) is 3.06. The van der Waals surface area contributed by atoms with Crippen molar-refractivity contribution in [3.8, 4) is 0 Å². The number of anilines is 1. The van der Waals surface area contributed by atoms with Crippen LogP contribution < -0.4 is 10.5 Å². The van der Waals surface area contributed by atoms with E-state index in [4.69, 9.17) is 0 Å². The Morgan fingerprint density at radius 2 is 1.88 bits per heavy atom. The molecule has 1 aliphatic heterocycles. The fraction of sp³-hybridized carbons (Fsp3) is 0.278. The third kappa shape index (κ3) is 2.69. The second kappa shape index (κ2) is 6.21. The van der Waals surface area contributed by atoms with Crippen LogP contribution >= 0.6 is 0 Å². The van der Waals surface area contributed by atoms with Gasteiger partial charge in [0.2, 0.25) is 0 Å². The first kappa shape index (κ1) is 16.2. The average molecular weight is 350 g/mol. The van der Waals surface area contributed by atoms with Crippen molar-refractivity contribution in [2.45, 2.75) is 13.0 Å². The first-order valence-electron chi connectivity index (χ1n) is 8.34. The number of aromatic nitrogens is 4. The summed E-state index contributed by atoms with van der Waals surface area (Å²) < 4.78 is 0. The molecule has 0 saturated carbocycles. The van der Waals surface area contributed by atoms with Crippen LogP contribution in [0.25, 0.3) is 10.8 Å². The molecular weight excluding hydrogens is 332 g/mol. The number of likely N-dealkylation sites (N-methyl/N-ethyl adjacent to an activating group) is 1. The van der Waals surface area contributed by atoms with E-state index in [-0.39, 0.29) is 23.2 Å². The molecule has 0 aliphatic carbocycles. The van der Waals surface area contributed by atoms with E-state index < -0.39 is 0 Å². The van der Waals surface area contributed by atoms with Gasteiger partial charge in [-0.1, -0.05) is 18.2 Å². The normalized spacial score (nSPS) is 14.3. The third-order valence-corrected chi connectivity index (χ3v) is 4.74. The Morgan fingerprint density at radius 1 is 1.15 bits per heavy atom. The molecule has 1 amide bonds. The van der Waals surface area contributed by atoms with E-state index in [1.54, 1.807) is 36.2 Å². The molecule has 8 heteroatoms. The lowest BCUT2D eigenvalue weighted by molar-refractivity contribution is 0.0700. The highest BCUT2D eigenvalue weighted by molar-refractivity contribution is 6.04. The molecule has 0 radical (unpaired) electrons. The molecule has 3 heterocycles. The van der Waals surface area contributed by atoms with Crippen molar-refractivity contribution in [1.29, 1.82) is 0 Å². The lowest BCUT2D eigenvalue weighted by Gasteiger charge is -2.44. The highest BCUT2D eigenvalue weighted by Gasteiger charge is 2.34. The highest BCUT2D eigenvalue weighted by Crippen LogP contribution is 2.22. The maximum Gasteiger partial charge on any atom is 0.275 e. The minimum atomic E-state index is -0.299. The number of fused-ring (bicyclic) bond motifs is 1. The van der Waals surface area contributed by atoms with Gasteiger partial charge in [0.1, 0.15) is 0 Å². The summed E-state index contributed by atoms with van der Waals surface area (Å²) in [7, 11) is 1.76. The van der Waals surface area contributed by atoms with E-state index in [0.29, 0.717) is 23.9 Å². The van der Waals surface area contributed by atoms with Gasteiger partial charge in [0.05, 0.1) is 17.1 Å². The van der Waals surface area contributed by atoms with Crippen molar-refractivity contribution in [3.63, 3.8) is 0 Å². The minimum Gasteiger partial charge on any atom is -0.351 e. The lowest BCUT2D eigenvalue weighted by Crippen LogP contribution is -2.60. The molecule has 1 N–H and O–H groups in total. The van der Waals surface area contributed by atoms with Gasteiger partial charge in [0.15, 0.2) is 11.5 Å². The van der Waals surface area contributed by atoms with E-state index in [1.807, 2.05) is 19.1 Å². The molecule has 26 heavy (non-hydrogen) atoms. The molecule has 1 fully saturated rings. The number of aryl methyl sites for hydroxylation is 1. The summed E-state index contributed by atoms with van der Waals surface area (Å²) in [6.45, 7) is 3.26. The van der Waals surface area contributed by atoms with E-state index in [9.17, 15) is 9.59 Å². The molecule has 0 bridgehead atoms. The van der Waals surface area contributed by atoms with Crippen molar-refractivity contribution < 1.29 is 4.79 Å². The SMILES string of the molecule is Cc1ccc(N2CC(N(C)C(=O)c3n[nH]c(=O)c4ccccc34)C2)nn1. The van der Waals surface area contributed by atoms with Gasteiger partial charge >= 0.3 is 0 Å². The van der Waals surface area contributed by atoms with Gasteiger partial charge in [0, 0.05) is 25.5 Å². The minimum absolute atomic E-state index is 0.0538. The Balaban J connectivity index is 1.52. The third-order valence-electron chi connectivity index (χ3n) is 4.74. The molecule has 3 aromatic rings. The van der Waals surface area contributed by atoms with Crippen LogP contribution in [0.2, 0.25) is 0 Å². The van der Waals surface area contributed by atoms with E-state index in [2.05, 4.69) is 25.3 Å². The maximum atomic E-state index is 12.9. The summed E-state index contributed by atoms with van der Waals surface area (Å²) in [5.41, 5.74) is 0.831. The smallest absolute Gasteiger partial charge is 0.275 e. The number of rotatable bonds is 3. The Hall–Kier alpha value is -3.29. The predicted molar refractivity (Wildman–Crippen MR) is 97.2 cm³/mol. The molecule has 2 aromatic heterocycles. The highest BCUT2D eigenvalue weighted by atomic mass is 16.2. The summed E-state index contributed by atoms with van der Waals surface area (Å²) in [6, 6.07) is 10.9. The number of nitrogens with zero attached hydrogens (tertiary/aromatic N) is 5. The number of hydrogen-bond acceptors (Lipinski definition) is 6. The van der Waals surface area contributed by atoms with Gasteiger partial charge in [-0.05, 0) is 25.1 Å². The molecule has 4 rings (SSSR count). The molecule has 8 nitrogen and oxygen atoms in total. The van der Waals surface area contributed by atoms with E-state index in [0.717, 1.165) is 11.5 Å².